The number of aromatic nitrogens is 3. The first kappa shape index (κ1) is 18.1. The normalized spacial score (nSPS) is 14.8. The Balaban J connectivity index is 1.31. The smallest absolute Gasteiger partial charge is 0.257 e. The fraction of sp³-hybridized carbons (Fsp3) is 0.300. The van der Waals surface area contributed by atoms with Gasteiger partial charge in [0.2, 0.25) is 5.95 Å². The van der Waals surface area contributed by atoms with E-state index in [1.807, 2.05) is 11.0 Å². The van der Waals surface area contributed by atoms with Gasteiger partial charge in [0.25, 0.3) is 5.91 Å². The van der Waals surface area contributed by atoms with Gasteiger partial charge in [-0.05, 0) is 12.5 Å². The van der Waals surface area contributed by atoms with Crippen LogP contribution in [-0.4, -0.2) is 57.0 Å². The van der Waals surface area contributed by atoms with Crippen molar-refractivity contribution in [3.8, 4) is 0 Å². The standard InChI is InChI=1S/C20H22N6O2/c1-15-11-18(24-28-15)23-20-21-12-17(13-22-20)19(27)26-9-7-25(8-10-26)14-16-5-3-2-4-6-16/h2-6,11-13H,7-10,14H2,1H3,(H,21,22,23,24). The molecule has 0 unspecified atom stereocenters. The number of nitrogens with one attached hydrogen (secondary N) is 1. The summed E-state index contributed by atoms with van der Waals surface area (Å²) in [6.07, 6.45) is 3.09. The van der Waals surface area contributed by atoms with E-state index in [0.717, 1.165) is 19.6 Å². The molecule has 0 saturated carbocycles. The summed E-state index contributed by atoms with van der Waals surface area (Å²) in [7, 11) is 0. The number of nitrogens with zero attached hydrogens (tertiary/aromatic N) is 5. The van der Waals surface area contributed by atoms with Gasteiger partial charge in [0.05, 0.1) is 5.56 Å². The van der Waals surface area contributed by atoms with Crippen LogP contribution in [0, 0.1) is 6.92 Å². The number of carbonyl (C=O) groups excluding carboxylic acids is 1. The molecule has 28 heavy (non-hydrogen) atoms. The van der Waals surface area contributed by atoms with Crippen LogP contribution < -0.4 is 5.32 Å². The second-order valence-corrected chi connectivity index (χ2v) is 6.80. The number of aryl methyl sites for hydroxylation is 1. The third-order valence-corrected chi connectivity index (χ3v) is 4.68. The lowest BCUT2D eigenvalue weighted by Gasteiger charge is -2.34. The average molecular weight is 378 g/mol. The van der Waals surface area contributed by atoms with E-state index >= 15 is 0 Å². The molecule has 1 aromatic carbocycles. The molecule has 3 aromatic rings. The van der Waals surface area contributed by atoms with E-state index in [0.29, 0.717) is 36.2 Å². The van der Waals surface area contributed by atoms with Crippen molar-refractivity contribution >= 4 is 17.7 Å². The highest BCUT2D eigenvalue weighted by molar-refractivity contribution is 5.93. The summed E-state index contributed by atoms with van der Waals surface area (Å²) in [5.41, 5.74) is 1.78. The molecule has 0 aliphatic carbocycles. The molecule has 1 fully saturated rings. The lowest BCUT2D eigenvalue weighted by Crippen LogP contribution is -2.48. The SMILES string of the molecule is Cc1cc(Nc2ncc(C(=O)N3CCN(Cc4ccccc4)CC3)cn2)no1. The predicted molar refractivity (Wildman–Crippen MR) is 104 cm³/mol. The number of hydrogen-bond donors (Lipinski definition) is 1. The Kier molecular flexibility index (Phi) is 5.29. The van der Waals surface area contributed by atoms with E-state index in [4.69, 9.17) is 4.52 Å². The van der Waals surface area contributed by atoms with Crippen LogP contribution >= 0.6 is 0 Å². The molecule has 0 bridgehead atoms. The fourth-order valence-electron chi connectivity index (χ4n) is 3.18. The van der Waals surface area contributed by atoms with Crippen LogP contribution in [0.5, 0.6) is 0 Å². The van der Waals surface area contributed by atoms with Gasteiger partial charge in [0.1, 0.15) is 5.76 Å². The molecule has 0 spiro atoms. The highest BCUT2D eigenvalue weighted by Crippen LogP contribution is 2.14. The highest BCUT2D eigenvalue weighted by atomic mass is 16.5. The summed E-state index contributed by atoms with van der Waals surface area (Å²) in [5, 5.41) is 6.77. The molecule has 4 rings (SSSR count). The van der Waals surface area contributed by atoms with Crippen molar-refractivity contribution in [2.24, 2.45) is 0 Å². The zero-order valence-corrected chi connectivity index (χ0v) is 15.7. The van der Waals surface area contributed by atoms with Crippen LogP contribution in [0.15, 0.2) is 53.3 Å². The molecule has 1 aliphatic heterocycles. The number of benzene rings is 1. The monoisotopic (exact) mass is 378 g/mol. The zero-order chi connectivity index (χ0) is 19.3. The van der Waals surface area contributed by atoms with E-state index in [1.54, 1.807) is 25.4 Å². The Morgan fingerprint density at radius 2 is 1.82 bits per heavy atom. The molecular formula is C20H22N6O2. The fourth-order valence-corrected chi connectivity index (χ4v) is 3.18. The Hall–Kier alpha value is -3.26. The van der Waals surface area contributed by atoms with Gasteiger partial charge in [-0.25, -0.2) is 9.97 Å². The van der Waals surface area contributed by atoms with Gasteiger partial charge < -0.3 is 14.7 Å². The van der Waals surface area contributed by atoms with Crippen molar-refractivity contribution in [1.82, 2.24) is 24.9 Å². The van der Waals surface area contributed by atoms with Crippen LogP contribution in [0.1, 0.15) is 21.7 Å². The first-order chi connectivity index (χ1) is 13.7. The van der Waals surface area contributed by atoms with Gasteiger partial charge in [-0.15, -0.1) is 0 Å². The van der Waals surface area contributed by atoms with Gasteiger partial charge in [0, 0.05) is 51.2 Å². The van der Waals surface area contributed by atoms with Crippen molar-refractivity contribution in [2.45, 2.75) is 13.5 Å². The largest absolute Gasteiger partial charge is 0.360 e. The summed E-state index contributed by atoms with van der Waals surface area (Å²) >= 11 is 0. The molecule has 8 heteroatoms. The Bertz CT molecular complexity index is 917. The van der Waals surface area contributed by atoms with Gasteiger partial charge in [-0.3, -0.25) is 9.69 Å². The van der Waals surface area contributed by atoms with E-state index in [-0.39, 0.29) is 5.91 Å². The molecule has 1 aliphatic rings. The maximum Gasteiger partial charge on any atom is 0.257 e. The Morgan fingerprint density at radius 3 is 2.46 bits per heavy atom. The van der Waals surface area contributed by atoms with Crippen LogP contribution in [-0.2, 0) is 6.54 Å². The van der Waals surface area contributed by atoms with Gasteiger partial charge in [-0.2, -0.15) is 0 Å². The van der Waals surface area contributed by atoms with E-state index in [1.165, 1.54) is 5.56 Å². The third kappa shape index (κ3) is 4.34. The van der Waals surface area contributed by atoms with E-state index < -0.39 is 0 Å². The summed E-state index contributed by atoms with van der Waals surface area (Å²) < 4.78 is 4.99. The van der Waals surface area contributed by atoms with Gasteiger partial charge >= 0.3 is 0 Å². The first-order valence-electron chi connectivity index (χ1n) is 9.25. The van der Waals surface area contributed by atoms with Gasteiger partial charge in [-0.1, -0.05) is 35.5 Å². The van der Waals surface area contributed by atoms with Crippen LogP contribution in [0.2, 0.25) is 0 Å². The summed E-state index contributed by atoms with van der Waals surface area (Å²) in [6, 6.07) is 12.1. The second-order valence-electron chi connectivity index (χ2n) is 6.80. The first-order valence-corrected chi connectivity index (χ1v) is 9.25. The van der Waals surface area contributed by atoms with Gasteiger partial charge in [0.15, 0.2) is 5.82 Å². The minimum Gasteiger partial charge on any atom is -0.360 e. The number of anilines is 2. The minimum atomic E-state index is -0.0387. The maximum absolute atomic E-state index is 12.7. The summed E-state index contributed by atoms with van der Waals surface area (Å²) in [4.78, 5) is 25.4. The number of carbonyl (C=O) groups is 1. The summed E-state index contributed by atoms with van der Waals surface area (Å²) in [5.74, 6) is 1.56. The topological polar surface area (TPSA) is 87.4 Å². The Morgan fingerprint density at radius 1 is 1.11 bits per heavy atom. The van der Waals surface area contributed by atoms with Crippen LogP contribution in [0.3, 0.4) is 0 Å². The molecule has 8 nitrogen and oxygen atoms in total. The molecule has 1 saturated heterocycles. The van der Waals surface area contributed by atoms with Crippen molar-refractivity contribution < 1.29 is 9.32 Å². The van der Waals surface area contributed by atoms with Crippen molar-refractivity contribution in [3.63, 3.8) is 0 Å². The predicted octanol–water partition coefficient (Wildman–Crippen LogP) is 2.47. The minimum absolute atomic E-state index is 0.0387. The third-order valence-electron chi connectivity index (χ3n) is 4.68. The maximum atomic E-state index is 12.7. The quantitative estimate of drug-likeness (QED) is 0.730. The van der Waals surface area contributed by atoms with Crippen LogP contribution in [0.4, 0.5) is 11.8 Å². The molecule has 1 amide bonds. The van der Waals surface area contributed by atoms with E-state index in [2.05, 4.69) is 49.6 Å². The molecule has 144 valence electrons. The molecule has 0 radical (unpaired) electrons. The zero-order valence-electron chi connectivity index (χ0n) is 15.7. The van der Waals surface area contributed by atoms with Crippen LogP contribution in [0.25, 0.3) is 0 Å². The number of amides is 1. The Labute approximate surface area is 163 Å². The van der Waals surface area contributed by atoms with E-state index in [9.17, 15) is 4.79 Å². The lowest BCUT2D eigenvalue weighted by atomic mass is 10.2. The summed E-state index contributed by atoms with van der Waals surface area (Å²) in [6.45, 7) is 5.82. The van der Waals surface area contributed by atoms with Crippen molar-refractivity contribution in [1.29, 1.82) is 0 Å². The second kappa shape index (κ2) is 8.18. The highest BCUT2D eigenvalue weighted by Gasteiger charge is 2.22. The molecule has 2 aromatic heterocycles. The number of hydrogen-bond acceptors (Lipinski definition) is 7. The molecule has 1 N–H and O–H groups in total. The number of rotatable bonds is 5. The average Bonchev–Trinajstić information content (AvgIpc) is 3.14. The molecular weight excluding hydrogens is 356 g/mol. The lowest BCUT2D eigenvalue weighted by molar-refractivity contribution is 0.0627. The van der Waals surface area contributed by atoms with Crippen molar-refractivity contribution in [2.75, 3.05) is 31.5 Å². The number of piperazine rings is 1. The molecule has 0 atom stereocenters. The molecule has 3 heterocycles. The van der Waals surface area contributed by atoms with Crippen molar-refractivity contribution in [3.05, 3.63) is 65.7 Å².